The van der Waals surface area contributed by atoms with Gasteiger partial charge in [0.2, 0.25) is 0 Å². The number of hydrogen-bond donors (Lipinski definition) is 0. The molecule has 16 heavy (non-hydrogen) atoms. The summed E-state index contributed by atoms with van der Waals surface area (Å²) in [6.07, 6.45) is 5.78. The molecule has 0 N–H and O–H groups in total. The molecule has 0 atom stereocenters. The van der Waals surface area contributed by atoms with E-state index in [1.807, 2.05) is 6.07 Å². The maximum absolute atomic E-state index is 5.84. The van der Waals surface area contributed by atoms with Crippen molar-refractivity contribution in [2.24, 2.45) is 0 Å². The van der Waals surface area contributed by atoms with Crippen LogP contribution in [0.3, 0.4) is 0 Å². The highest BCUT2D eigenvalue weighted by Crippen LogP contribution is 2.10. The third-order valence-corrected chi connectivity index (χ3v) is 2.75. The Balaban J connectivity index is 2.09. The van der Waals surface area contributed by atoms with E-state index in [1.165, 1.54) is 19.3 Å². The van der Waals surface area contributed by atoms with Gasteiger partial charge >= 0.3 is 0 Å². The van der Waals surface area contributed by atoms with Crippen molar-refractivity contribution >= 4 is 17.2 Å². The molecule has 0 aromatic carbocycles. The first kappa shape index (κ1) is 11.3. The molecule has 0 amide bonds. The number of rotatable bonds is 5. The summed E-state index contributed by atoms with van der Waals surface area (Å²) < 4.78 is 1.73. The number of halogens is 1. The van der Waals surface area contributed by atoms with Crippen molar-refractivity contribution in [1.29, 1.82) is 0 Å². The topological polar surface area (TPSA) is 43.1 Å². The van der Waals surface area contributed by atoms with E-state index in [0.29, 0.717) is 5.15 Å². The molecule has 4 nitrogen and oxygen atoms in total. The zero-order chi connectivity index (χ0) is 11.4. The molecule has 2 heterocycles. The SMILES string of the molecule is CCCCCCc1nnc2ccc(Cl)nn12. The van der Waals surface area contributed by atoms with Gasteiger partial charge in [0.25, 0.3) is 0 Å². The maximum atomic E-state index is 5.84. The van der Waals surface area contributed by atoms with Gasteiger partial charge in [0.05, 0.1) is 0 Å². The van der Waals surface area contributed by atoms with Gasteiger partial charge < -0.3 is 0 Å². The average Bonchev–Trinajstić information content (AvgIpc) is 2.67. The number of aromatic nitrogens is 4. The van der Waals surface area contributed by atoms with E-state index in [-0.39, 0.29) is 0 Å². The lowest BCUT2D eigenvalue weighted by Gasteiger charge is -1.99. The second-order valence-electron chi connectivity index (χ2n) is 3.85. The first-order chi connectivity index (χ1) is 7.81. The molecule has 0 unspecified atom stereocenters. The third-order valence-electron chi connectivity index (χ3n) is 2.55. The lowest BCUT2D eigenvalue weighted by atomic mass is 10.1. The van der Waals surface area contributed by atoms with Gasteiger partial charge in [0.15, 0.2) is 11.5 Å². The van der Waals surface area contributed by atoms with E-state index in [2.05, 4.69) is 22.2 Å². The highest BCUT2D eigenvalue weighted by atomic mass is 35.5. The number of aryl methyl sites for hydroxylation is 1. The van der Waals surface area contributed by atoms with Gasteiger partial charge in [0, 0.05) is 6.42 Å². The highest BCUT2D eigenvalue weighted by molar-refractivity contribution is 6.29. The Kier molecular flexibility index (Phi) is 3.72. The standard InChI is InChI=1S/C11H15ClN4/c1-2-3-4-5-6-10-13-14-11-8-7-9(12)15-16(10)11/h7-8H,2-6H2,1H3. The zero-order valence-electron chi connectivity index (χ0n) is 9.36. The van der Waals surface area contributed by atoms with Crippen LogP contribution in [-0.2, 0) is 6.42 Å². The van der Waals surface area contributed by atoms with Gasteiger partial charge in [-0.05, 0) is 18.6 Å². The molecule has 0 aliphatic carbocycles. The monoisotopic (exact) mass is 238 g/mol. The van der Waals surface area contributed by atoms with Crippen molar-refractivity contribution in [2.45, 2.75) is 39.0 Å². The summed E-state index contributed by atoms with van der Waals surface area (Å²) in [5.41, 5.74) is 0.759. The van der Waals surface area contributed by atoms with Crippen LogP contribution in [0.4, 0.5) is 0 Å². The molecule has 0 saturated heterocycles. The van der Waals surface area contributed by atoms with Crippen LogP contribution in [0.2, 0.25) is 5.15 Å². The molecule has 0 aliphatic heterocycles. The second-order valence-corrected chi connectivity index (χ2v) is 4.24. The molecule has 86 valence electrons. The molecule has 5 heteroatoms. The lowest BCUT2D eigenvalue weighted by Crippen LogP contribution is -1.99. The molecule has 0 fully saturated rings. The summed E-state index contributed by atoms with van der Waals surface area (Å²) in [6, 6.07) is 3.56. The molecular weight excluding hydrogens is 224 g/mol. The van der Waals surface area contributed by atoms with Crippen LogP contribution in [0.25, 0.3) is 5.65 Å². The molecule has 2 aromatic rings. The van der Waals surface area contributed by atoms with Crippen molar-refractivity contribution < 1.29 is 0 Å². The van der Waals surface area contributed by atoms with Crippen LogP contribution in [0, 0.1) is 0 Å². The number of unbranched alkanes of at least 4 members (excludes halogenated alkanes) is 3. The second kappa shape index (κ2) is 5.25. The van der Waals surface area contributed by atoms with Crippen LogP contribution in [0.5, 0.6) is 0 Å². The number of hydrogen-bond acceptors (Lipinski definition) is 3. The van der Waals surface area contributed by atoms with Crippen LogP contribution in [-0.4, -0.2) is 19.8 Å². The van der Waals surface area contributed by atoms with E-state index in [1.54, 1.807) is 10.6 Å². The Labute approximate surface area is 99.6 Å². The Morgan fingerprint density at radius 3 is 2.88 bits per heavy atom. The third kappa shape index (κ3) is 2.50. The molecular formula is C11H15ClN4. The van der Waals surface area contributed by atoms with Crippen molar-refractivity contribution in [1.82, 2.24) is 19.8 Å². The normalized spacial score (nSPS) is 11.1. The zero-order valence-corrected chi connectivity index (χ0v) is 10.1. The molecule has 2 rings (SSSR count). The minimum Gasteiger partial charge on any atom is -0.196 e. The van der Waals surface area contributed by atoms with E-state index < -0.39 is 0 Å². The van der Waals surface area contributed by atoms with E-state index in [0.717, 1.165) is 24.3 Å². The van der Waals surface area contributed by atoms with Gasteiger partial charge in [0.1, 0.15) is 5.15 Å². The smallest absolute Gasteiger partial charge is 0.178 e. The molecule has 0 aliphatic rings. The lowest BCUT2D eigenvalue weighted by molar-refractivity contribution is 0.641. The number of fused-ring (bicyclic) bond motifs is 1. The first-order valence-electron chi connectivity index (χ1n) is 5.68. The molecule has 0 spiro atoms. The Hall–Kier alpha value is -1.16. The average molecular weight is 239 g/mol. The highest BCUT2D eigenvalue weighted by Gasteiger charge is 2.06. The van der Waals surface area contributed by atoms with Gasteiger partial charge in [-0.3, -0.25) is 0 Å². The maximum Gasteiger partial charge on any atom is 0.178 e. The van der Waals surface area contributed by atoms with Gasteiger partial charge in [-0.15, -0.1) is 10.2 Å². The van der Waals surface area contributed by atoms with Crippen LogP contribution in [0.15, 0.2) is 12.1 Å². The van der Waals surface area contributed by atoms with E-state index in [9.17, 15) is 0 Å². The van der Waals surface area contributed by atoms with Crippen molar-refractivity contribution in [3.8, 4) is 0 Å². The van der Waals surface area contributed by atoms with Gasteiger partial charge in [-0.25, -0.2) is 0 Å². The fourth-order valence-corrected chi connectivity index (χ4v) is 1.82. The Bertz CT molecular complexity index is 466. The van der Waals surface area contributed by atoms with Crippen LogP contribution < -0.4 is 0 Å². The molecule has 0 bridgehead atoms. The molecule has 0 saturated carbocycles. The fraction of sp³-hybridized carbons (Fsp3) is 0.545. The summed E-state index contributed by atoms with van der Waals surface area (Å²) in [5.74, 6) is 0.897. The largest absolute Gasteiger partial charge is 0.196 e. The minimum atomic E-state index is 0.474. The molecule has 2 aromatic heterocycles. The summed E-state index contributed by atoms with van der Waals surface area (Å²) in [7, 11) is 0. The Morgan fingerprint density at radius 2 is 2.06 bits per heavy atom. The minimum absolute atomic E-state index is 0.474. The summed E-state index contributed by atoms with van der Waals surface area (Å²) >= 11 is 5.84. The summed E-state index contributed by atoms with van der Waals surface area (Å²) in [5, 5.41) is 12.8. The first-order valence-corrected chi connectivity index (χ1v) is 6.06. The Morgan fingerprint density at radius 1 is 1.19 bits per heavy atom. The van der Waals surface area contributed by atoms with Gasteiger partial charge in [-0.1, -0.05) is 37.8 Å². The molecule has 0 radical (unpaired) electrons. The van der Waals surface area contributed by atoms with Crippen LogP contribution >= 0.6 is 11.6 Å². The quantitative estimate of drug-likeness (QED) is 0.753. The van der Waals surface area contributed by atoms with Crippen LogP contribution in [0.1, 0.15) is 38.4 Å². The van der Waals surface area contributed by atoms with E-state index >= 15 is 0 Å². The van der Waals surface area contributed by atoms with E-state index in [4.69, 9.17) is 11.6 Å². The predicted molar refractivity (Wildman–Crippen MR) is 63.6 cm³/mol. The number of nitrogens with zero attached hydrogens (tertiary/aromatic N) is 4. The predicted octanol–water partition coefficient (Wildman–Crippen LogP) is 2.90. The fourth-order valence-electron chi connectivity index (χ4n) is 1.68. The summed E-state index contributed by atoms with van der Waals surface area (Å²) in [4.78, 5) is 0. The van der Waals surface area contributed by atoms with Crippen molar-refractivity contribution in [2.75, 3.05) is 0 Å². The van der Waals surface area contributed by atoms with Gasteiger partial charge in [-0.2, -0.15) is 9.61 Å². The summed E-state index contributed by atoms with van der Waals surface area (Å²) in [6.45, 7) is 2.20. The van der Waals surface area contributed by atoms with Crippen molar-refractivity contribution in [3.05, 3.63) is 23.1 Å². The van der Waals surface area contributed by atoms with Crippen molar-refractivity contribution in [3.63, 3.8) is 0 Å².